The number of pyridine rings is 1. The Morgan fingerprint density at radius 1 is 1.00 bits per heavy atom. The molecule has 0 radical (unpaired) electrons. The van der Waals surface area contributed by atoms with Crippen molar-refractivity contribution in [2.75, 3.05) is 0 Å². The maximum Gasteiger partial charge on any atom is 0.419 e. The first-order valence-corrected chi connectivity index (χ1v) is 7.03. The first-order chi connectivity index (χ1) is 10.4. The number of hydrogen-bond acceptors (Lipinski definition) is 1. The van der Waals surface area contributed by atoms with E-state index in [-0.39, 0.29) is 11.6 Å². The second-order valence-electron chi connectivity index (χ2n) is 5.48. The molecule has 22 heavy (non-hydrogen) atoms. The quantitative estimate of drug-likeness (QED) is 0.640. The molecule has 0 N–H and O–H groups in total. The molecule has 0 bridgehead atoms. The van der Waals surface area contributed by atoms with Gasteiger partial charge < -0.3 is 4.40 Å². The summed E-state index contributed by atoms with van der Waals surface area (Å²) in [5.41, 5.74) is 1.46. The fourth-order valence-corrected chi connectivity index (χ4v) is 2.67. The van der Waals surface area contributed by atoms with E-state index >= 15 is 0 Å². The molecule has 5 heteroatoms. The maximum atomic E-state index is 13.2. The van der Waals surface area contributed by atoms with Gasteiger partial charge in [-0.15, -0.1) is 0 Å². The van der Waals surface area contributed by atoms with Crippen molar-refractivity contribution in [2.24, 2.45) is 0 Å². The van der Waals surface area contributed by atoms with Crippen molar-refractivity contribution in [3.63, 3.8) is 0 Å². The Morgan fingerprint density at radius 3 is 2.27 bits per heavy atom. The van der Waals surface area contributed by atoms with Crippen LogP contribution in [0.1, 0.15) is 31.0 Å². The van der Waals surface area contributed by atoms with Crippen LogP contribution in [0.25, 0.3) is 16.9 Å². The lowest BCUT2D eigenvalue weighted by molar-refractivity contribution is -0.136. The van der Waals surface area contributed by atoms with E-state index in [9.17, 15) is 13.2 Å². The third-order valence-corrected chi connectivity index (χ3v) is 3.59. The fraction of sp³-hybridized carbons (Fsp3) is 0.235. The number of aromatic nitrogens is 2. The molecular formula is C17H15F3N2. The summed E-state index contributed by atoms with van der Waals surface area (Å²) in [6, 6.07) is 11.8. The summed E-state index contributed by atoms with van der Waals surface area (Å²) in [6.45, 7) is 3.91. The van der Waals surface area contributed by atoms with Crippen molar-refractivity contribution in [1.82, 2.24) is 9.38 Å². The Hall–Kier alpha value is -2.30. The van der Waals surface area contributed by atoms with Crippen molar-refractivity contribution in [3.05, 3.63) is 59.9 Å². The van der Waals surface area contributed by atoms with Crippen LogP contribution in [0, 0.1) is 0 Å². The Morgan fingerprint density at radius 2 is 1.68 bits per heavy atom. The van der Waals surface area contributed by atoms with Gasteiger partial charge in [0.1, 0.15) is 5.65 Å². The largest absolute Gasteiger partial charge is 0.419 e. The van der Waals surface area contributed by atoms with E-state index in [2.05, 4.69) is 4.98 Å². The third kappa shape index (κ3) is 2.36. The molecule has 0 unspecified atom stereocenters. The van der Waals surface area contributed by atoms with Crippen molar-refractivity contribution in [1.29, 1.82) is 0 Å². The van der Waals surface area contributed by atoms with Gasteiger partial charge in [0.2, 0.25) is 0 Å². The summed E-state index contributed by atoms with van der Waals surface area (Å²) in [7, 11) is 0. The topological polar surface area (TPSA) is 17.3 Å². The van der Waals surface area contributed by atoms with Gasteiger partial charge in [-0.3, -0.25) is 0 Å². The zero-order valence-electron chi connectivity index (χ0n) is 12.2. The molecule has 0 spiro atoms. The van der Waals surface area contributed by atoms with Crippen LogP contribution in [0.15, 0.2) is 48.7 Å². The number of halogens is 3. The van der Waals surface area contributed by atoms with E-state index in [0.29, 0.717) is 5.69 Å². The smallest absolute Gasteiger partial charge is 0.303 e. The average molecular weight is 304 g/mol. The van der Waals surface area contributed by atoms with E-state index < -0.39 is 11.7 Å². The lowest BCUT2D eigenvalue weighted by Gasteiger charge is -2.10. The standard InChI is InChI=1S/C17H15F3N2/c1-11(2)15-14(12-7-4-3-5-8-12)21-16-13(17(18,19)20)9-6-10-22(15)16/h3-11H,1-2H3. The molecule has 0 aliphatic carbocycles. The molecule has 2 heterocycles. The summed E-state index contributed by atoms with van der Waals surface area (Å²) >= 11 is 0. The Kier molecular flexibility index (Phi) is 3.43. The van der Waals surface area contributed by atoms with E-state index in [1.54, 1.807) is 10.6 Å². The minimum Gasteiger partial charge on any atom is -0.303 e. The van der Waals surface area contributed by atoms with Crippen LogP contribution in [0.3, 0.4) is 0 Å². The molecule has 2 aromatic heterocycles. The minimum absolute atomic E-state index is 0.0439. The molecule has 0 saturated heterocycles. The molecule has 2 nitrogen and oxygen atoms in total. The number of hydrogen-bond donors (Lipinski definition) is 0. The molecule has 0 fully saturated rings. The SMILES string of the molecule is CC(C)c1c(-c2ccccc2)nc2c(C(F)(F)F)cccn12. The normalized spacial score (nSPS) is 12.3. The predicted molar refractivity (Wildman–Crippen MR) is 79.7 cm³/mol. The van der Waals surface area contributed by atoms with Crippen LogP contribution in [0.5, 0.6) is 0 Å². The summed E-state index contributed by atoms with van der Waals surface area (Å²) in [4.78, 5) is 4.31. The molecule has 0 atom stereocenters. The van der Waals surface area contributed by atoms with Gasteiger partial charge in [0, 0.05) is 11.8 Å². The highest BCUT2D eigenvalue weighted by Gasteiger charge is 2.34. The Bertz CT molecular complexity index is 802. The first kappa shape index (κ1) is 14.6. The zero-order valence-corrected chi connectivity index (χ0v) is 12.2. The summed E-state index contributed by atoms with van der Waals surface area (Å²) in [6.07, 6.45) is -2.78. The minimum atomic E-state index is -4.42. The first-order valence-electron chi connectivity index (χ1n) is 7.03. The highest BCUT2D eigenvalue weighted by molar-refractivity contribution is 5.69. The molecule has 0 amide bonds. The number of alkyl halides is 3. The van der Waals surface area contributed by atoms with Crippen molar-refractivity contribution in [2.45, 2.75) is 25.9 Å². The van der Waals surface area contributed by atoms with Gasteiger partial charge in [-0.05, 0) is 18.1 Å². The van der Waals surface area contributed by atoms with Gasteiger partial charge >= 0.3 is 6.18 Å². The van der Waals surface area contributed by atoms with Gasteiger partial charge in [-0.25, -0.2) is 4.98 Å². The molecular weight excluding hydrogens is 289 g/mol. The van der Waals surface area contributed by atoms with Gasteiger partial charge in [0.15, 0.2) is 0 Å². The van der Waals surface area contributed by atoms with Crippen LogP contribution in [0.4, 0.5) is 13.2 Å². The summed E-state index contributed by atoms with van der Waals surface area (Å²) < 4.78 is 41.2. The van der Waals surface area contributed by atoms with Crippen molar-refractivity contribution >= 4 is 5.65 Å². The lowest BCUT2D eigenvalue weighted by atomic mass is 10.0. The monoisotopic (exact) mass is 304 g/mol. The summed E-state index contributed by atoms with van der Waals surface area (Å²) in [5, 5.41) is 0. The van der Waals surface area contributed by atoms with Gasteiger partial charge in [0.25, 0.3) is 0 Å². The van der Waals surface area contributed by atoms with Crippen LogP contribution < -0.4 is 0 Å². The maximum absolute atomic E-state index is 13.2. The predicted octanol–water partition coefficient (Wildman–Crippen LogP) is 5.14. The van der Waals surface area contributed by atoms with Crippen molar-refractivity contribution in [3.8, 4) is 11.3 Å². The number of nitrogens with zero attached hydrogens (tertiary/aromatic N) is 2. The molecule has 0 aliphatic heterocycles. The highest BCUT2D eigenvalue weighted by Crippen LogP contribution is 2.36. The number of fused-ring (bicyclic) bond motifs is 1. The molecule has 1 aromatic carbocycles. The zero-order chi connectivity index (χ0) is 15.9. The van der Waals surface area contributed by atoms with Crippen molar-refractivity contribution < 1.29 is 13.2 Å². The van der Waals surface area contributed by atoms with E-state index in [4.69, 9.17) is 0 Å². The Balaban J connectivity index is 2.37. The Labute approximate surface area is 126 Å². The number of benzene rings is 1. The van der Waals surface area contributed by atoms with Crippen LogP contribution >= 0.6 is 0 Å². The van der Waals surface area contributed by atoms with E-state index in [1.807, 2.05) is 44.2 Å². The van der Waals surface area contributed by atoms with E-state index in [0.717, 1.165) is 17.3 Å². The fourth-order valence-electron chi connectivity index (χ4n) is 2.67. The molecule has 3 aromatic rings. The van der Waals surface area contributed by atoms with Crippen LogP contribution in [0.2, 0.25) is 0 Å². The van der Waals surface area contributed by atoms with Gasteiger partial charge in [0.05, 0.1) is 17.0 Å². The molecule has 0 saturated carbocycles. The summed E-state index contributed by atoms with van der Waals surface area (Å²) in [5.74, 6) is 0.0497. The second-order valence-corrected chi connectivity index (χ2v) is 5.48. The highest BCUT2D eigenvalue weighted by atomic mass is 19.4. The van der Waals surface area contributed by atoms with Crippen LogP contribution in [-0.4, -0.2) is 9.38 Å². The van der Waals surface area contributed by atoms with Crippen LogP contribution in [-0.2, 0) is 6.18 Å². The van der Waals surface area contributed by atoms with Gasteiger partial charge in [-0.2, -0.15) is 13.2 Å². The third-order valence-electron chi connectivity index (χ3n) is 3.59. The average Bonchev–Trinajstić information content (AvgIpc) is 2.86. The number of rotatable bonds is 2. The van der Waals surface area contributed by atoms with Gasteiger partial charge in [-0.1, -0.05) is 44.2 Å². The molecule has 0 aliphatic rings. The molecule has 3 rings (SSSR count). The van der Waals surface area contributed by atoms with E-state index in [1.165, 1.54) is 6.07 Å². The second kappa shape index (κ2) is 5.16. The lowest BCUT2D eigenvalue weighted by Crippen LogP contribution is -2.08. The molecule has 114 valence electrons. The number of imidazole rings is 1.